The molecule has 1 atom stereocenters. The van der Waals surface area contributed by atoms with Crippen LogP contribution in [0.1, 0.15) is 33.3 Å². The monoisotopic (exact) mass is 488 g/mol. The van der Waals surface area contributed by atoms with Crippen molar-refractivity contribution in [2.45, 2.75) is 19.1 Å². The minimum atomic E-state index is -0.472. The Labute approximate surface area is 204 Å². The van der Waals surface area contributed by atoms with E-state index in [4.69, 9.17) is 4.74 Å². The van der Waals surface area contributed by atoms with E-state index in [0.29, 0.717) is 30.9 Å². The first-order chi connectivity index (χ1) is 15.6. The van der Waals surface area contributed by atoms with Crippen molar-refractivity contribution >= 4 is 36.4 Å². The number of thiophene rings is 1. The molecule has 3 aromatic rings. The highest BCUT2D eigenvalue weighted by Gasteiger charge is 2.27. The smallest absolute Gasteiger partial charge is 0.258 e. The quantitative estimate of drug-likeness (QED) is 0.515. The van der Waals surface area contributed by atoms with Crippen molar-refractivity contribution in [3.63, 3.8) is 0 Å². The molecule has 0 aliphatic carbocycles. The minimum absolute atomic E-state index is 0. The van der Waals surface area contributed by atoms with E-state index in [2.05, 4.69) is 21.7 Å². The van der Waals surface area contributed by atoms with E-state index < -0.39 is 5.82 Å². The summed E-state index contributed by atoms with van der Waals surface area (Å²) in [7, 11) is 3.73. The van der Waals surface area contributed by atoms with Crippen LogP contribution in [0.2, 0.25) is 0 Å². The first-order valence-electron chi connectivity index (χ1n) is 10.6. The van der Waals surface area contributed by atoms with Gasteiger partial charge in [0.2, 0.25) is 0 Å². The largest absolute Gasteiger partial charge is 0.485 e. The van der Waals surface area contributed by atoms with Crippen LogP contribution in [0.15, 0.2) is 54.2 Å². The second-order valence-corrected chi connectivity index (χ2v) is 8.80. The van der Waals surface area contributed by atoms with Gasteiger partial charge in [-0.05, 0) is 42.7 Å². The third-order valence-corrected chi connectivity index (χ3v) is 6.53. The van der Waals surface area contributed by atoms with Gasteiger partial charge in [-0.15, -0.1) is 11.3 Å². The number of aromatic nitrogens is 1. The predicted molar refractivity (Wildman–Crippen MR) is 135 cm³/mol. The molecule has 0 fully saturated rings. The molecule has 33 heavy (non-hydrogen) atoms. The number of ether oxygens (including phenoxy) is 1. The van der Waals surface area contributed by atoms with Crippen LogP contribution in [0.3, 0.4) is 0 Å². The zero-order valence-electron chi connectivity index (χ0n) is 18.8. The summed E-state index contributed by atoms with van der Waals surface area (Å²) < 4.78 is 20.5. The standard InChI is InChI=1S/C24H27FN4O2S.H2S/c1-26-10-9-21(22-4-3-13-32-22)31-18-7-5-17(6-8-18)16-29-12-11-28(2)23-19(24(29)30)14-27-15-20(23)25;/h3-8,13-15,21,26H,9-12,16H2,1-2H3;1H2/t21-;/m0./s1. The highest BCUT2D eigenvalue weighted by Crippen LogP contribution is 2.29. The van der Waals surface area contributed by atoms with Crippen LogP contribution in [0.25, 0.3) is 0 Å². The third kappa shape index (κ3) is 5.85. The van der Waals surface area contributed by atoms with Crippen molar-refractivity contribution in [3.05, 3.63) is 76.0 Å². The molecule has 3 heterocycles. The van der Waals surface area contributed by atoms with Gasteiger partial charge in [0, 0.05) is 44.2 Å². The fourth-order valence-electron chi connectivity index (χ4n) is 3.85. The SMILES string of the molecule is CNCC[C@H](Oc1ccc(CN2CCN(C)c3c(F)cncc3C2=O)cc1)c1cccs1.S. The zero-order chi connectivity index (χ0) is 22.5. The van der Waals surface area contributed by atoms with Gasteiger partial charge in [-0.25, -0.2) is 4.39 Å². The molecular formula is C24H29FN4O2S2. The number of carbonyl (C=O) groups is 1. The lowest BCUT2D eigenvalue weighted by molar-refractivity contribution is 0.0754. The topological polar surface area (TPSA) is 57.7 Å². The Morgan fingerprint density at radius 1 is 1.21 bits per heavy atom. The second-order valence-electron chi connectivity index (χ2n) is 7.82. The lowest BCUT2D eigenvalue weighted by atomic mass is 10.1. The van der Waals surface area contributed by atoms with Crippen LogP contribution in [-0.4, -0.2) is 49.5 Å². The molecule has 0 spiro atoms. The number of anilines is 1. The lowest BCUT2D eigenvalue weighted by Crippen LogP contribution is -2.33. The number of hydrogen-bond donors (Lipinski definition) is 1. The van der Waals surface area contributed by atoms with Gasteiger partial charge < -0.3 is 19.9 Å². The van der Waals surface area contributed by atoms with Crippen LogP contribution in [-0.2, 0) is 6.54 Å². The number of halogens is 1. The first kappa shape index (κ1) is 25.0. The number of amides is 1. The molecule has 1 amide bonds. The van der Waals surface area contributed by atoms with Crippen LogP contribution >= 0.6 is 24.8 Å². The Bertz CT molecular complexity index is 1050. The molecular weight excluding hydrogens is 459 g/mol. The molecule has 0 bridgehead atoms. The van der Waals surface area contributed by atoms with Crippen LogP contribution in [0.5, 0.6) is 5.75 Å². The van der Waals surface area contributed by atoms with Gasteiger partial charge in [0.1, 0.15) is 11.9 Å². The lowest BCUT2D eigenvalue weighted by Gasteiger charge is -2.22. The molecule has 1 N–H and O–H groups in total. The molecule has 0 saturated heterocycles. The van der Waals surface area contributed by atoms with Crippen molar-refractivity contribution in [1.29, 1.82) is 0 Å². The maximum Gasteiger partial charge on any atom is 0.258 e. The second kappa shape index (κ2) is 11.5. The van der Waals surface area contributed by atoms with Gasteiger partial charge in [0.05, 0.1) is 17.4 Å². The molecule has 0 radical (unpaired) electrons. The summed E-state index contributed by atoms with van der Waals surface area (Å²) >= 11 is 1.69. The normalized spacial score (nSPS) is 14.3. The molecule has 2 aromatic heterocycles. The highest BCUT2D eigenvalue weighted by molar-refractivity contribution is 7.59. The van der Waals surface area contributed by atoms with Crippen molar-refractivity contribution < 1.29 is 13.9 Å². The van der Waals surface area contributed by atoms with E-state index in [1.807, 2.05) is 37.4 Å². The molecule has 1 aromatic carbocycles. The van der Waals surface area contributed by atoms with Gasteiger partial charge in [-0.2, -0.15) is 13.5 Å². The van der Waals surface area contributed by atoms with Crippen LogP contribution in [0.4, 0.5) is 10.1 Å². The fourth-order valence-corrected chi connectivity index (χ4v) is 4.63. The maximum absolute atomic E-state index is 14.3. The van der Waals surface area contributed by atoms with Crippen molar-refractivity contribution in [1.82, 2.24) is 15.2 Å². The number of pyridine rings is 1. The average Bonchev–Trinajstić information content (AvgIpc) is 3.30. The third-order valence-electron chi connectivity index (χ3n) is 5.57. The number of nitrogens with zero attached hydrogens (tertiary/aromatic N) is 3. The first-order valence-corrected chi connectivity index (χ1v) is 11.5. The maximum atomic E-state index is 14.3. The summed E-state index contributed by atoms with van der Waals surface area (Å²) in [5, 5.41) is 5.24. The van der Waals surface area contributed by atoms with Crippen LogP contribution < -0.4 is 15.0 Å². The number of carbonyl (C=O) groups excluding carboxylic acids is 1. The summed E-state index contributed by atoms with van der Waals surface area (Å²) in [6.45, 7) is 2.36. The average molecular weight is 489 g/mol. The molecule has 176 valence electrons. The molecule has 0 unspecified atom stereocenters. The fraction of sp³-hybridized carbons (Fsp3) is 0.333. The summed E-state index contributed by atoms with van der Waals surface area (Å²) in [4.78, 5) is 21.6. The molecule has 6 nitrogen and oxygen atoms in total. The van der Waals surface area contributed by atoms with E-state index in [-0.39, 0.29) is 25.5 Å². The summed E-state index contributed by atoms with van der Waals surface area (Å²) in [5.41, 5.74) is 1.61. The Hall–Kier alpha value is -2.62. The Morgan fingerprint density at radius 3 is 2.70 bits per heavy atom. The van der Waals surface area contributed by atoms with Gasteiger partial charge in [-0.3, -0.25) is 9.78 Å². The summed E-state index contributed by atoms with van der Waals surface area (Å²) in [6, 6.07) is 12.0. The minimum Gasteiger partial charge on any atom is -0.485 e. The highest BCUT2D eigenvalue weighted by atomic mass is 32.1. The molecule has 1 aliphatic rings. The molecule has 1 aliphatic heterocycles. The van der Waals surface area contributed by atoms with E-state index in [1.165, 1.54) is 11.1 Å². The molecule has 4 rings (SSSR count). The van der Waals surface area contributed by atoms with Crippen molar-refractivity contribution in [2.75, 3.05) is 38.6 Å². The predicted octanol–water partition coefficient (Wildman–Crippen LogP) is 4.22. The zero-order valence-corrected chi connectivity index (χ0v) is 20.6. The van der Waals surface area contributed by atoms with E-state index in [9.17, 15) is 9.18 Å². The number of nitrogens with one attached hydrogen (secondary N) is 1. The number of fused-ring (bicyclic) bond motifs is 1. The van der Waals surface area contributed by atoms with Crippen LogP contribution in [0, 0.1) is 5.82 Å². The Morgan fingerprint density at radius 2 is 2.00 bits per heavy atom. The Kier molecular flexibility index (Phi) is 8.71. The van der Waals surface area contributed by atoms with Crippen molar-refractivity contribution in [3.8, 4) is 5.75 Å². The van der Waals surface area contributed by atoms with E-state index in [1.54, 1.807) is 28.2 Å². The van der Waals surface area contributed by atoms with E-state index >= 15 is 0 Å². The summed E-state index contributed by atoms with van der Waals surface area (Å²) in [5.74, 6) is 0.114. The number of benzene rings is 1. The van der Waals surface area contributed by atoms with Gasteiger partial charge in [0.15, 0.2) is 5.82 Å². The molecule has 9 heteroatoms. The molecule has 0 saturated carbocycles. The number of hydrogen-bond acceptors (Lipinski definition) is 6. The van der Waals surface area contributed by atoms with Gasteiger partial charge >= 0.3 is 0 Å². The number of rotatable bonds is 8. The van der Waals surface area contributed by atoms with Gasteiger partial charge in [-0.1, -0.05) is 18.2 Å². The van der Waals surface area contributed by atoms with E-state index in [0.717, 1.165) is 30.5 Å². The van der Waals surface area contributed by atoms with Crippen molar-refractivity contribution in [2.24, 2.45) is 0 Å². The van der Waals surface area contributed by atoms with Gasteiger partial charge in [0.25, 0.3) is 5.91 Å². The Balaban J connectivity index is 0.00000306. The summed E-state index contributed by atoms with van der Waals surface area (Å²) in [6.07, 6.45) is 3.47. The number of likely N-dealkylation sites (N-methyl/N-ethyl adjacent to an activating group) is 1.